The highest BCUT2D eigenvalue weighted by molar-refractivity contribution is 7.11. The molecule has 0 aliphatic heterocycles. The summed E-state index contributed by atoms with van der Waals surface area (Å²) in [6.45, 7) is 4.99. The number of carbonyl (C=O) groups is 1. The maximum atomic E-state index is 12.4. The number of thiazole rings is 1. The molecule has 0 fully saturated rings. The second-order valence-electron chi connectivity index (χ2n) is 5.56. The van der Waals surface area contributed by atoms with E-state index >= 15 is 0 Å². The number of hydrogen-bond donors (Lipinski definition) is 2. The molecule has 128 valence electrons. The van der Waals surface area contributed by atoms with Crippen molar-refractivity contribution in [2.24, 2.45) is 11.1 Å². The van der Waals surface area contributed by atoms with Crippen molar-refractivity contribution < 1.29 is 4.79 Å². The number of aryl methyl sites for hydroxylation is 2. The Balaban J connectivity index is 0.00000220. The fourth-order valence-corrected chi connectivity index (χ4v) is 3.87. The van der Waals surface area contributed by atoms with E-state index in [0.717, 1.165) is 30.7 Å². The Morgan fingerprint density at radius 3 is 2.45 bits per heavy atom. The lowest BCUT2D eigenvalue weighted by Crippen LogP contribution is -2.45. The first-order chi connectivity index (χ1) is 9.65. The van der Waals surface area contributed by atoms with Crippen molar-refractivity contribution in [1.82, 2.24) is 10.3 Å². The Labute approximate surface area is 149 Å². The third-order valence-corrected chi connectivity index (χ3v) is 5.67. The van der Waals surface area contributed by atoms with Gasteiger partial charge in [0.05, 0.1) is 17.7 Å². The van der Waals surface area contributed by atoms with Crippen molar-refractivity contribution in [3.63, 3.8) is 0 Å². The zero-order chi connectivity index (χ0) is 14.6. The number of fused-ring (bicyclic) bond motifs is 1. The predicted molar refractivity (Wildman–Crippen MR) is 97.2 cm³/mol. The first kappa shape index (κ1) is 21.6. The lowest BCUT2D eigenvalue weighted by atomic mass is 9.81. The first-order valence-corrected chi connectivity index (χ1v) is 8.42. The van der Waals surface area contributed by atoms with E-state index in [-0.39, 0.29) is 30.7 Å². The van der Waals surface area contributed by atoms with Gasteiger partial charge in [-0.1, -0.05) is 13.8 Å². The van der Waals surface area contributed by atoms with Crippen LogP contribution in [0.15, 0.2) is 0 Å². The highest BCUT2D eigenvalue weighted by Crippen LogP contribution is 2.28. The van der Waals surface area contributed by atoms with Gasteiger partial charge in [-0.05, 0) is 38.5 Å². The molecule has 4 nitrogen and oxygen atoms in total. The Bertz CT molecular complexity index is 444. The normalized spacial score (nSPS) is 13.6. The van der Waals surface area contributed by atoms with Gasteiger partial charge in [0.2, 0.25) is 5.91 Å². The highest BCUT2D eigenvalue weighted by Gasteiger charge is 2.33. The number of nitrogens with one attached hydrogen (secondary N) is 1. The number of aromatic nitrogens is 1. The molecule has 0 spiro atoms. The molecule has 0 radical (unpaired) electrons. The van der Waals surface area contributed by atoms with Gasteiger partial charge in [-0.25, -0.2) is 4.98 Å². The lowest BCUT2D eigenvalue weighted by Gasteiger charge is -2.28. The molecule has 7 heteroatoms. The number of carbonyl (C=O) groups excluding carboxylic acids is 1. The number of hydrogen-bond acceptors (Lipinski definition) is 4. The molecule has 0 atom stereocenters. The molecule has 1 aromatic heterocycles. The number of nitrogens with two attached hydrogens (primary N) is 1. The van der Waals surface area contributed by atoms with E-state index in [1.807, 2.05) is 13.8 Å². The van der Waals surface area contributed by atoms with Crippen LogP contribution >= 0.6 is 36.2 Å². The van der Waals surface area contributed by atoms with E-state index in [1.165, 1.54) is 23.4 Å². The number of nitrogens with zero attached hydrogens (tertiary/aromatic N) is 1. The van der Waals surface area contributed by atoms with Crippen LogP contribution in [0.2, 0.25) is 0 Å². The van der Waals surface area contributed by atoms with Crippen LogP contribution in [0.4, 0.5) is 0 Å². The molecule has 0 saturated carbocycles. The van der Waals surface area contributed by atoms with Crippen LogP contribution in [0, 0.1) is 5.41 Å². The largest absolute Gasteiger partial charge is 0.349 e. The second kappa shape index (κ2) is 9.71. The summed E-state index contributed by atoms with van der Waals surface area (Å²) in [6.07, 6.45) is 6.31. The average molecular weight is 368 g/mol. The van der Waals surface area contributed by atoms with E-state index in [9.17, 15) is 4.79 Å². The highest BCUT2D eigenvalue weighted by atomic mass is 35.5. The minimum absolute atomic E-state index is 0. The maximum Gasteiger partial charge on any atom is 0.227 e. The van der Waals surface area contributed by atoms with Crippen molar-refractivity contribution in [3.05, 3.63) is 15.6 Å². The fourth-order valence-electron chi connectivity index (χ4n) is 2.78. The van der Waals surface area contributed by atoms with Crippen molar-refractivity contribution in [1.29, 1.82) is 0 Å². The van der Waals surface area contributed by atoms with Gasteiger partial charge in [0, 0.05) is 11.4 Å². The molecule has 22 heavy (non-hydrogen) atoms. The van der Waals surface area contributed by atoms with Crippen LogP contribution in [0.25, 0.3) is 0 Å². The Morgan fingerprint density at radius 2 is 1.91 bits per heavy atom. The van der Waals surface area contributed by atoms with Crippen molar-refractivity contribution in [2.45, 2.75) is 58.9 Å². The van der Waals surface area contributed by atoms with E-state index in [1.54, 1.807) is 11.3 Å². The molecule has 1 amide bonds. The van der Waals surface area contributed by atoms with Crippen LogP contribution in [0.1, 0.15) is 55.1 Å². The van der Waals surface area contributed by atoms with Crippen LogP contribution in [0.5, 0.6) is 0 Å². The van der Waals surface area contributed by atoms with Crippen LogP contribution in [-0.2, 0) is 24.2 Å². The summed E-state index contributed by atoms with van der Waals surface area (Å²) in [6, 6.07) is 0. The van der Waals surface area contributed by atoms with Gasteiger partial charge in [0.15, 0.2) is 0 Å². The van der Waals surface area contributed by atoms with Gasteiger partial charge in [0.1, 0.15) is 5.01 Å². The van der Waals surface area contributed by atoms with E-state index < -0.39 is 5.41 Å². The summed E-state index contributed by atoms with van der Waals surface area (Å²) in [5, 5.41) is 4.06. The standard InChI is InChI=1S/C15H25N3OS.2ClH/c1-3-15(4-2,10-16)14(19)17-9-13-18-11-7-5-6-8-12(11)20-13;;/h3-10,16H2,1-2H3,(H,17,19);2*1H. The summed E-state index contributed by atoms with van der Waals surface area (Å²) < 4.78 is 0. The SMILES string of the molecule is CCC(CC)(CN)C(=O)NCc1nc2c(s1)CCCC2.Cl.Cl. The third kappa shape index (κ3) is 4.57. The molecule has 0 bridgehead atoms. The Hall–Kier alpha value is -0.360. The quantitative estimate of drug-likeness (QED) is 0.810. The summed E-state index contributed by atoms with van der Waals surface area (Å²) in [4.78, 5) is 18.4. The summed E-state index contributed by atoms with van der Waals surface area (Å²) >= 11 is 1.75. The van der Waals surface area contributed by atoms with Crippen molar-refractivity contribution in [3.8, 4) is 0 Å². The second-order valence-corrected chi connectivity index (χ2v) is 6.73. The maximum absolute atomic E-state index is 12.4. The minimum atomic E-state index is -0.420. The molecule has 1 aliphatic rings. The predicted octanol–water partition coefficient (Wildman–Crippen LogP) is 3.25. The first-order valence-electron chi connectivity index (χ1n) is 7.61. The van der Waals surface area contributed by atoms with E-state index in [0.29, 0.717) is 13.1 Å². The van der Waals surface area contributed by atoms with Gasteiger partial charge >= 0.3 is 0 Å². The van der Waals surface area contributed by atoms with Gasteiger partial charge in [-0.3, -0.25) is 4.79 Å². The number of halogens is 2. The molecule has 3 N–H and O–H groups in total. The van der Waals surface area contributed by atoms with Crippen molar-refractivity contribution in [2.75, 3.05) is 6.54 Å². The molecule has 0 unspecified atom stereocenters. The molecular formula is C15H27Cl2N3OS. The van der Waals surface area contributed by atoms with Gasteiger partial charge in [-0.2, -0.15) is 0 Å². The fraction of sp³-hybridized carbons (Fsp3) is 0.733. The molecule has 1 heterocycles. The lowest BCUT2D eigenvalue weighted by molar-refractivity contribution is -0.131. The van der Waals surface area contributed by atoms with E-state index in [2.05, 4.69) is 10.3 Å². The smallest absolute Gasteiger partial charge is 0.227 e. The minimum Gasteiger partial charge on any atom is -0.349 e. The molecular weight excluding hydrogens is 341 g/mol. The Kier molecular flexibility index (Phi) is 9.55. The van der Waals surface area contributed by atoms with Crippen LogP contribution in [0.3, 0.4) is 0 Å². The molecule has 1 aliphatic carbocycles. The zero-order valence-corrected chi connectivity index (χ0v) is 15.8. The summed E-state index contributed by atoms with van der Waals surface area (Å²) in [5.41, 5.74) is 6.64. The summed E-state index contributed by atoms with van der Waals surface area (Å²) in [7, 11) is 0. The molecule has 0 aromatic carbocycles. The third-order valence-electron chi connectivity index (χ3n) is 4.52. The zero-order valence-electron chi connectivity index (χ0n) is 13.3. The van der Waals surface area contributed by atoms with Crippen LogP contribution < -0.4 is 11.1 Å². The average Bonchev–Trinajstić information content (AvgIpc) is 2.90. The van der Waals surface area contributed by atoms with Gasteiger partial charge < -0.3 is 11.1 Å². The van der Waals surface area contributed by atoms with Crippen molar-refractivity contribution >= 4 is 42.1 Å². The van der Waals surface area contributed by atoms with Gasteiger partial charge in [-0.15, -0.1) is 36.2 Å². The monoisotopic (exact) mass is 367 g/mol. The number of amides is 1. The van der Waals surface area contributed by atoms with Gasteiger partial charge in [0.25, 0.3) is 0 Å². The van der Waals surface area contributed by atoms with Crippen LogP contribution in [-0.4, -0.2) is 17.4 Å². The topological polar surface area (TPSA) is 68.0 Å². The molecule has 0 saturated heterocycles. The Morgan fingerprint density at radius 1 is 1.27 bits per heavy atom. The van der Waals surface area contributed by atoms with E-state index in [4.69, 9.17) is 5.73 Å². The molecule has 1 aromatic rings. The summed E-state index contributed by atoms with van der Waals surface area (Å²) in [5.74, 6) is 0.0678. The number of rotatable bonds is 6. The molecule has 2 rings (SSSR count).